The molecule has 0 bridgehead atoms. The molecule has 0 aliphatic heterocycles. The molecule has 14 heavy (non-hydrogen) atoms. The van der Waals surface area contributed by atoms with Crippen LogP contribution in [0.4, 0.5) is 14.5 Å². The summed E-state index contributed by atoms with van der Waals surface area (Å²) < 4.78 is 24.9. The average molecular weight is 200 g/mol. The number of primary amides is 1. The van der Waals surface area contributed by atoms with Gasteiger partial charge >= 0.3 is 0 Å². The van der Waals surface area contributed by atoms with Crippen LogP contribution in [0.25, 0.3) is 0 Å². The minimum absolute atomic E-state index is 0.0346. The molecular weight excluding hydrogens is 190 g/mol. The highest BCUT2D eigenvalue weighted by atomic mass is 19.1. The van der Waals surface area contributed by atoms with Crippen LogP contribution in [0.1, 0.15) is 21.5 Å². The highest BCUT2D eigenvalue weighted by Gasteiger charge is 2.15. The SMILES string of the molecule is NC(=O)c1c(CF)ccc(N)c1CF. The van der Waals surface area contributed by atoms with Crippen LogP contribution in [0.5, 0.6) is 0 Å². The van der Waals surface area contributed by atoms with Gasteiger partial charge in [0.25, 0.3) is 0 Å². The lowest BCUT2D eigenvalue weighted by molar-refractivity contribution is 0.0997. The predicted molar refractivity (Wildman–Crippen MR) is 49.0 cm³/mol. The Labute approximate surface area is 79.7 Å². The van der Waals surface area contributed by atoms with Crippen LogP contribution >= 0.6 is 0 Å². The van der Waals surface area contributed by atoms with Crippen LogP contribution in [-0.2, 0) is 13.3 Å². The number of carbonyl (C=O) groups is 1. The van der Waals surface area contributed by atoms with E-state index in [0.717, 1.165) is 0 Å². The molecule has 5 heteroatoms. The fraction of sp³-hybridized carbons (Fsp3) is 0.222. The molecule has 0 radical (unpaired) electrons. The van der Waals surface area contributed by atoms with Gasteiger partial charge in [-0.2, -0.15) is 0 Å². The van der Waals surface area contributed by atoms with Crippen LogP contribution in [0.2, 0.25) is 0 Å². The normalized spacial score (nSPS) is 10.1. The van der Waals surface area contributed by atoms with Crippen LogP contribution in [0.3, 0.4) is 0 Å². The number of nitrogens with two attached hydrogens (primary N) is 2. The van der Waals surface area contributed by atoms with E-state index in [1.807, 2.05) is 0 Å². The Morgan fingerprint density at radius 2 is 1.93 bits per heavy atom. The number of halogens is 2. The van der Waals surface area contributed by atoms with Crippen LogP contribution in [0, 0.1) is 0 Å². The molecule has 0 atom stereocenters. The summed E-state index contributed by atoms with van der Waals surface area (Å²) in [4.78, 5) is 10.9. The van der Waals surface area contributed by atoms with Crippen LogP contribution in [-0.4, -0.2) is 5.91 Å². The minimum atomic E-state index is -0.933. The third-order valence-corrected chi connectivity index (χ3v) is 1.96. The molecule has 0 aliphatic carbocycles. The van der Waals surface area contributed by atoms with Gasteiger partial charge in [0.1, 0.15) is 13.3 Å². The van der Waals surface area contributed by atoms with Gasteiger partial charge < -0.3 is 11.5 Å². The Morgan fingerprint density at radius 3 is 2.36 bits per heavy atom. The van der Waals surface area contributed by atoms with Gasteiger partial charge in [0, 0.05) is 11.3 Å². The number of anilines is 1. The zero-order chi connectivity index (χ0) is 10.7. The number of alkyl halides is 2. The third-order valence-electron chi connectivity index (χ3n) is 1.96. The second-order valence-electron chi connectivity index (χ2n) is 2.80. The van der Waals surface area contributed by atoms with Crippen molar-refractivity contribution in [1.29, 1.82) is 0 Å². The van der Waals surface area contributed by atoms with Crippen molar-refractivity contribution in [1.82, 2.24) is 0 Å². The van der Waals surface area contributed by atoms with Gasteiger partial charge in [0.15, 0.2) is 0 Å². The van der Waals surface area contributed by atoms with E-state index < -0.39 is 19.3 Å². The molecule has 76 valence electrons. The van der Waals surface area contributed by atoms with Crippen LogP contribution < -0.4 is 11.5 Å². The lowest BCUT2D eigenvalue weighted by Crippen LogP contribution is -2.17. The summed E-state index contributed by atoms with van der Waals surface area (Å²) in [5, 5.41) is 0. The average Bonchev–Trinajstić information content (AvgIpc) is 2.17. The first-order chi connectivity index (χ1) is 6.61. The zero-order valence-corrected chi connectivity index (χ0v) is 7.39. The highest BCUT2D eigenvalue weighted by Crippen LogP contribution is 2.22. The predicted octanol–water partition coefficient (Wildman–Crippen LogP) is 1.31. The molecule has 0 saturated heterocycles. The van der Waals surface area contributed by atoms with E-state index in [9.17, 15) is 13.6 Å². The Morgan fingerprint density at radius 1 is 1.29 bits per heavy atom. The Kier molecular flexibility index (Phi) is 3.01. The zero-order valence-electron chi connectivity index (χ0n) is 7.39. The van der Waals surface area contributed by atoms with E-state index in [4.69, 9.17) is 11.5 Å². The smallest absolute Gasteiger partial charge is 0.249 e. The molecule has 0 saturated carbocycles. The van der Waals surface area contributed by atoms with Gasteiger partial charge in [-0.05, 0) is 11.6 Å². The molecule has 1 rings (SSSR count). The van der Waals surface area contributed by atoms with E-state index in [-0.39, 0.29) is 22.4 Å². The monoisotopic (exact) mass is 200 g/mol. The molecule has 0 aliphatic rings. The quantitative estimate of drug-likeness (QED) is 0.722. The van der Waals surface area contributed by atoms with E-state index in [0.29, 0.717) is 0 Å². The molecule has 1 aromatic rings. The molecule has 0 aromatic heterocycles. The first kappa shape index (κ1) is 10.4. The van der Waals surface area contributed by atoms with Crippen molar-refractivity contribution in [2.24, 2.45) is 5.73 Å². The Bertz CT molecular complexity index is 366. The summed E-state index contributed by atoms with van der Waals surface area (Å²) >= 11 is 0. The summed E-state index contributed by atoms with van der Waals surface area (Å²) in [6.45, 7) is -1.80. The third kappa shape index (κ3) is 1.66. The summed E-state index contributed by atoms with van der Waals surface area (Å²) in [6.07, 6.45) is 0. The molecule has 0 spiro atoms. The van der Waals surface area contributed by atoms with Gasteiger partial charge in [0.2, 0.25) is 5.91 Å². The van der Waals surface area contributed by atoms with Crippen molar-refractivity contribution < 1.29 is 13.6 Å². The molecule has 0 heterocycles. The first-order valence-electron chi connectivity index (χ1n) is 3.93. The Balaban J connectivity index is 3.43. The maximum Gasteiger partial charge on any atom is 0.249 e. The number of nitrogen functional groups attached to an aromatic ring is 1. The van der Waals surface area contributed by atoms with E-state index in [1.54, 1.807) is 0 Å². The standard InChI is InChI=1S/C9H10F2N2O/c10-3-5-1-2-7(12)6(4-11)8(5)9(13)14/h1-2H,3-4,12H2,(H2,13,14). The number of benzene rings is 1. The molecule has 1 amide bonds. The maximum absolute atomic E-state index is 12.5. The van der Waals surface area contributed by atoms with Crippen molar-refractivity contribution in [2.75, 3.05) is 5.73 Å². The number of hydrogen-bond acceptors (Lipinski definition) is 2. The summed E-state index contributed by atoms with van der Waals surface area (Å²) in [5.41, 5.74) is 10.4. The molecule has 0 unspecified atom stereocenters. The summed E-state index contributed by atoms with van der Waals surface area (Å²) in [6, 6.07) is 2.69. The van der Waals surface area contributed by atoms with Gasteiger partial charge in [-0.1, -0.05) is 6.07 Å². The molecule has 3 nitrogen and oxygen atoms in total. The molecular formula is C9H10F2N2O. The first-order valence-corrected chi connectivity index (χ1v) is 3.93. The lowest BCUT2D eigenvalue weighted by atomic mass is 10.00. The number of rotatable bonds is 3. The molecule has 1 aromatic carbocycles. The van der Waals surface area contributed by atoms with Gasteiger partial charge in [-0.15, -0.1) is 0 Å². The number of amides is 1. The lowest BCUT2D eigenvalue weighted by Gasteiger charge is -2.09. The maximum atomic E-state index is 12.5. The largest absolute Gasteiger partial charge is 0.398 e. The molecule has 0 fully saturated rings. The van der Waals surface area contributed by atoms with Crippen molar-refractivity contribution >= 4 is 11.6 Å². The highest BCUT2D eigenvalue weighted by molar-refractivity contribution is 5.97. The number of carbonyl (C=O) groups excluding carboxylic acids is 1. The summed E-state index contributed by atoms with van der Waals surface area (Å²) in [5.74, 6) is -0.863. The fourth-order valence-electron chi connectivity index (χ4n) is 1.27. The van der Waals surface area contributed by atoms with Gasteiger partial charge in [0.05, 0.1) is 5.56 Å². The Hall–Kier alpha value is -1.65. The van der Waals surface area contributed by atoms with Gasteiger partial charge in [-0.25, -0.2) is 8.78 Å². The van der Waals surface area contributed by atoms with Crippen molar-refractivity contribution in [2.45, 2.75) is 13.3 Å². The van der Waals surface area contributed by atoms with Crippen molar-refractivity contribution in [3.8, 4) is 0 Å². The van der Waals surface area contributed by atoms with Crippen molar-refractivity contribution in [3.05, 3.63) is 28.8 Å². The van der Waals surface area contributed by atoms with E-state index in [2.05, 4.69) is 0 Å². The van der Waals surface area contributed by atoms with E-state index >= 15 is 0 Å². The fourth-order valence-corrected chi connectivity index (χ4v) is 1.27. The topological polar surface area (TPSA) is 69.1 Å². The second kappa shape index (κ2) is 4.04. The van der Waals surface area contributed by atoms with Crippen molar-refractivity contribution in [3.63, 3.8) is 0 Å². The van der Waals surface area contributed by atoms with E-state index in [1.165, 1.54) is 12.1 Å². The number of hydrogen-bond donors (Lipinski definition) is 2. The van der Waals surface area contributed by atoms with Crippen LogP contribution in [0.15, 0.2) is 12.1 Å². The summed E-state index contributed by atoms with van der Waals surface area (Å²) in [7, 11) is 0. The molecule has 4 N–H and O–H groups in total. The second-order valence-corrected chi connectivity index (χ2v) is 2.80. The minimum Gasteiger partial charge on any atom is -0.398 e. The van der Waals surface area contributed by atoms with Gasteiger partial charge in [-0.3, -0.25) is 4.79 Å².